The predicted octanol–water partition coefficient (Wildman–Crippen LogP) is 6.95. The van der Waals surface area contributed by atoms with E-state index in [0.717, 1.165) is 19.3 Å². The molecule has 6 heteroatoms. The van der Waals surface area contributed by atoms with Crippen molar-refractivity contribution in [1.29, 1.82) is 0 Å². The van der Waals surface area contributed by atoms with E-state index in [9.17, 15) is 4.57 Å². The molecule has 0 saturated heterocycles. The molecule has 26 heavy (non-hydrogen) atoms. The summed E-state index contributed by atoms with van der Waals surface area (Å²) in [5.74, 6) is 0. The zero-order valence-corrected chi connectivity index (χ0v) is 21.2. The Balaban J connectivity index is 0. The topological polar surface area (TPSA) is 66.8 Å². The van der Waals surface area contributed by atoms with Crippen LogP contribution in [0.15, 0.2) is 0 Å². The van der Waals surface area contributed by atoms with Crippen molar-refractivity contribution in [2.75, 3.05) is 6.61 Å². The van der Waals surface area contributed by atoms with Crippen molar-refractivity contribution in [3.05, 3.63) is 0 Å². The van der Waals surface area contributed by atoms with E-state index < -0.39 is 7.82 Å². The summed E-state index contributed by atoms with van der Waals surface area (Å²) in [6.07, 6.45) is 17.8. The van der Waals surface area contributed by atoms with Crippen molar-refractivity contribution in [1.82, 2.24) is 0 Å². The molecule has 0 aliphatic rings. The second kappa shape index (κ2) is 19.4. The van der Waals surface area contributed by atoms with Gasteiger partial charge in [-0.05, 0) is 6.42 Å². The molecule has 0 amide bonds. The number of rotatable bonds is 16. The molecular weight excluding hydrogens is 358 g/mol. The minimum atomic E-state index is -4.25. The predicted molar refractivity (Wildman–Crippen MR) is 114 cm³/mol. The Hall–Kier alpha value is 1.11. The van der Waals surface area contributed by atoms with Crippen molar-refractivity contribution < 1.29 is 18.9 Å². The molecule has 0 rings (SSSR count). The molecule has 0 atom stereocenters. The molecule has 0 aliphatic heterocycles. The SMILES string of the molecule is CCCCCCCCCCCCCCCCOP(=O)(O)O.C[C](C)(C)[Na]. The summed E-state index contributed by atoms with van der Waals surface area (Å²) in [6, 6.07) is 0. The Morgan fingerprint density at radius 3 is 1.27 bits per heavy atom. The van der Waals surface area contributed by atoms with Gasteiger partial charge in [0.05, 0.1) is 6.61 Å². The van der Waals surface area contributed by atoms with E-state index in [1.807, 2.05) is 0 Å². The quantitative estimate of drug-likeness (QED) is 0.166. The third-order valence-corrected chi connectivity index (χ3v) is 4.28. The van der Waals surface area contributed by atoms with Gasteiger partial charge >= 0.3 is 59.2 Å². The van der Waals surface area contributed by atoms with Crippen molar-refractivity contribution in [3.63, 3.8) is 0 Å². The van der Waals surface area contributed by atoms with Gasteiger partial charge in [0.2, 0.25) is 0 Å². The molecule has 154 valence electrons. The molecule has 0 radical (unpaired) electrons. The van der Waals surface area contributed by atoms with Gasteiger partial charge in [-0.15, -0.1) is 0 Å². The second-order valence-corrected chi connectivity index (χ2v) is 13.2. The first-order valence-electron chi connectivity index (χ1n) is 10.8. The second-order valence-electron chi connectivity index (χ2n) is 8.92. The van der Waals surface area contributed by atoms with Gasteiger partial charge in [-0.3, -0.25) is 4.52 Å². The van der Waals surface area contributed by atoms with Crippen LogP contribution in [0.3, 0.4) is 0 Å². The maximum atomic E-state index is 10.4. The van der Waals surface area contributed by atoms with E-state index in [4.69, 9.17) is 9.79 Å². The van der Waals surface area contributed by atoms with Gasteiger partial charge in [0.1, 0.15) is 0 Å². The van der Waals surface area contributed by atoms with E-state index in [2.05, 4.69) is 32.2 Å². The summed E-state index contributed by atoms with van der Waals surface area (Å²) in [5.41, 5.74) is 0. The number of phosphoric ester groups is 1. The molecule has 0 unspecified atom stereocenters. The Labute approximate surface area is 180 Å². The zero-order chi connectivity index (χ0) is 20.3. The Kier molecular flexibility index (Phi) is 21.9. The van der Waals surface area contributed by atoms with E-state index in [-0.39, 0.29) is 6.61 Å². The van der Waals surface area contributed by atoms with Crippen LogP contribution >= 0.6 is 7.82 Å². The molecular formula is C20H44NaO4P. The summed E-state index contributed by atoms with van der Waals surface area (Å²) in [4.78, 5) is 17.0. The van der Waals surface area contributed by atoms with Crippen molar-refractivity contribution in [2.24, 2.45) is 0 Å². The number of unbranched alkanes of at least 4 members (excludes halogenated alkanes) is 13. The first kappa shape index (κ1) is 29.3. The van der Waals surface area contributed by atoms with Crippen LogP contribution in [-0.2, 0) is 9.09 Å². The Morgan fingerprint density at radius 1 is 0.731 bits per heavy atom. The van der Waals surface area contributed by atoms with E-state index >= 15 is 0 Å². The van der Waals surface area contributed by atoms with Crippen LogP contribution in [0.5, 0.6) is 0 Å². The number of hydrogen-bond donors (Lipinski definition) is 2. The van der Waals surface area contributed by atoms with Crippen LogP contribution < -0.4 is 0 Å². The van der Waals surface area contributed by atoms with Crippen LogP contribution in [0.25, 0.3) is 0 Å². The molecule has 0 bridgehead atoms. The van der Waals surface area contributed by atoms with Crippen molar-refractivity contribution in [3.8, 4) is 0 Å². The van der Waals surface area contributed by atoms with Gasteiger partial charge in [-0.2, -0.15) is 0 Å². The average molecular weight is 403 g/mol. The molecule has 0 aromatic rings. The normalized spacial score (nSPS) is 12.0. The van der Waals surface area contributed by atoms with Crippen LogP contribution in [0, 0.1) is 0 Å². The van der Waals surface area contributed by atoms with Gasteiger partial charge in [0, 0.05) is 0 Å². The molecule has 0 spiro atoms. The standard InChI is InChI=1S/C16H35O4P.C4H9.Na/c1-2-3-4-5-6-7-8-9-10-11-12-13-14-15-16-20-21(17,18)19;1-4(2)3;/h2-16H2,1H3,(H2,17,18,19);1-3H3;. The van der Waals surface area contributed by atoms with E-state index in [0.29, 0.717) is 2.66 Å². The summed E-state index contributed by atoms with van der Waals surface area (Å²) < 4.78 is 15.5. The van der Waals surface area contributed by atoms with Crippen molar-refractivity contribution >= 4 is 35.8 Å². The fraction of sp³-hybridized carbons (Fsp3) is 1.00. The molecule has 2 N–H and O–H groups in total. The van der Waals surface area contributed by atoms with Crippen LogP contribution in [-0.4, -0.2) is 44.3 Å². The first-order valence-corrected chi connectivity index (χ1v) is 13.3. The molecule has 0 heterocycles. The van der Waals surface area contributed by atoms with Gasteiger partial charge in [0.15, 0.2) is 0 Å². The zero-order valence-electron chi connectivity index (χ0n) is 18.3. The van der Waals surface area contributed by atoms with Gasteiger partial charge < -0.3 is 9.79 Å². The van der Waals surface area contributed by atoms with Gasteiger partial charge in [-0.1, -0.05) is 90.4 Å². The first-order chi connectivity index (χ1) is 12.1. The monoisotopic (exact) mass is 402 g/mol. The molecule has 0 aliphatic carbocycles. The van der Waals surface area contributed by atoms with E-state index in [1.54, 1.807) is 0 Å². The van der Waals surface area contributed by atoms with Crippen LogP contribution in [0.4, 0.5) is 0 Å². The third-order valence-electron chi connectivity index (χ3n) is 3.76. The fourth-order valence-corrected chi connectivity index (χ4v) is 2.85. The molecule has 0 fully saturated rings. The maximum absolute atomic E-state index is 10.4. The molecule has 0 saturated carbocycles. The van der Waals surface area contributed by atoms with Crippen LogP contribution in [0.2, 0.25) is 2.66 Å². The Morgan fingerprint density at radius 2 is 1.00 bits per heavy atom. The average Bonchev–Trinajstić information content (AvgIpc) is 2.48. The van der Waals surface area contributed by atoms with Crippen molar-refractivity contribution in [2.45, 2.75) is 120 Å². The fourth-order valence-electron chi connectivity index (χ4n) is 2.48. The Bertz CT molecular complexity index is 320. The number of hydrogen-bond acceptors (Lipinski definition) is 2. The summed E-state index contributed by atoms with van der Waals surface area (Å²) in [6.45, 7) is 9.17. The molecule has 0 aromatic carbocycles. The summed E-state index contributed by atoms with van der Waals surface area (Å²) in [5, 5.41) is 0. The van der Waals surface area contributed by atoms with Gasteiger partial charge in [-0.25, -0.2) is 4.57 Å². The molecule has 0 aromatic heterocycles. The minimum absolute atomic E-state index is 0.169. The molecule has 4 nitrogen and oxygen atoms in total. The summed E-state index contributed by atoms with van der Waals surface area (Å²) >= 11 is 1.31. The van der Waals surface area contributed by atoms with E-state index in [1.165, 1.54) is 98.6 Å². The van der Waals surface area contributed by atoms with Crippen LogP contribution in [0.1, 0.15) is 118 Å². The number of phosphoric acid groups is 1. The third kappa shape index (κ3) is 40.0. The summed E-state index contributed by atoms with van der Waals surface area (Å²) in [7, 11) is -4.25. The van der Waals surface area contributed by atoms with Gasteiger partial charge in [0.25, 0.3) is 0 Å².